The Morgan fingerprint density at radius 3 is 2.17 bits per heavy atom. The molecular formula is C26H36N2O. The molecule has 2 saturated carbocycles. The second-order valence-corrected chi connectivity index (χ2v) is 9.22. The van der Waals surface area contributed by atoms with Gasteiger partial charge < -0.3 is 16.2 Å². The summed E-state index contributed by atoms with van der Waals surface area (Å²) in [6.45, 7) is 0.546. The molecule has 156 valence electrons. The molecule has 3 aliphatic rings. The van der Waals surface area contributed by atoms with Crippen molar-refractivity contribution in [3.05, 3.63) is 65.0 Å². The Kier molecular flexibility index (Phi) is 6.63. The number of allylic oxidation sites excluding steroid dienone is 3. The second-order valence-electron chi connectivity index (χ2n) is 9.22. The van der Waals surface area contributed by atoms with Gasteiger partial charge in [0.2, 0.25) is 0 Å². The van der Waals surface area contributed by atoms with Crippen molar-refractivity contribution in [1.29, 1.82) is 0 Å². The molecule has 4 N–H and O–H groups in total. The molecule has 3 heteroatoms. The maximum Gasteiger partial charge on any atom is 0.119 e. The smallest absolute Gasteiger partial charge is 0.119 e. The lowest BCUT2D eigenvalue weighted by Gasteiger charge is -2.36. The highest BCUT2D eigenvalue weighted by molar-refractivity contribution is 5.35. The van der Waals surface area contributed by atoms with Crippen LogP contribution < -0.4 is 16.2 Å². The number of hydrogen-bond acceptors (Lipinski definition) is 3. The van der Waals surface area contributed by atoms with Crippen LogP contribution in [0, 0.1) is 11.8 Å². The largest absolute Gasteiger partial charge is 0.489 e. The Morgan fingerprint density at radius 1 is 0.759 bits per heavy atom. The van der Waals surface area contributed by atoms with Gasteiger partial charge in [0.25, 0.3) is 0 Å². The third-order valence-corrected chi connectivity index (χ3v) is 7.17. The number of ether oxygens (including phenoxy) is 1. The summed E-state index contributed by atoms with van der Waals surface area (Å²) in [5.74, 6) is 3.67. The predicted molar refractivity (Wildman–Crippen MR) is 120 cm³/mol. The van der Waals surface area contributed by atoms with Gasteiger partial charge in [0, 0.05) is 11.4 Å². The van der Waals surface area contributed by atoms with Crippen LogP contribution in [0.2, 0.25) is 0 Å². The van der Waals surface area contributed by atoms with Crippen LogP contribution in [-0.4, -0.2) is 6.61 Å². The summed E-state index contributed by atoms with van der Waals surface area (Å²) in [6.07, 6.45) is 19.5. The van der Waals surface area contributed by atoms with Crippen molar-refractivity contribution < 1.29 is 4.74 Å². The highest BCUT2D eigenvalue weighted by Crippen LogP contribution is 2.43. The second kappa shape index (κ2) is 9.56. The normalized spacial score (nSPS) is 26.1. The van der Waals surface area contributed by atoms with Crippen LogP contribution in [0.4, 0.5) is 0 Å². The van der Waals surface area contributed by atoms with E-state index in [4.69, 9.17) is 16.2 Å². The zero-order valence-corrected chi connectivity index (χ0v) is 17.6. The summed E-state index contributed by atoms with van der Waals surface area (Å²) in [5.41, 5.74) is 15.8. The summed E-state index contributed by atoms with van der Waals surface area (Å²) in [7, 11) is 0. The molecule has 2 fully saturated rings. The molecule has 4 rings (SSSR count). The molecule has 0 amide bonds. The summed E-state index contributed by atoms with van der Waals surface area (Å²) in [6, 6.07) is 8.80. The summed E-state index contributed by atoms with van der Waals surface area (Å²) >= 11 is 0. The Balaban J connectivity index is 1.27. The Morgan fingerprint density at radius 2 is 1.45 bits per heavy atom. The molecule has 0 radical (unpaired) electrons. The number of nitrogens with two attached hydrogens (primary N) is 2. The molecule has 0 aliphatic heterocycles. The lowest BCUT2D eigenvalue weighted by atomic mass is 9.70. The Labute approximate surface area is 175 Å². The minimum atomic E-state index is 0.546. The SMILES string of the molecule is NC1=CCC(COc2ccc(C3CCC(C4CCCCC4)CC3)cc2)=CC(N)=C1. The monoisotopic (exact) mass is 392 g/mol. The molecule has 0 spiro atoms. The lowest BCUT2D eigenvalue weighted by Crippen LogP contribution is -2.23. The van der Waals surface area contributed by atoms with E-state index in [-0.39, 0.29) is 0 Å². The average Bonchev–Trinajstić information content (AvgIpc) is 2.93. The average molecular weight is 393 g/mol. The van der Waals surface area contributed by atoms with Crippen LogP contribution in [-0.2, 0) is 0 Å². The van der Waals surface area contributed by atoms with E-state index < -0.39 is 0 Å². The molecule has 0 heterocycles. The fourth-order valence-corrected chi connectivity index (χ4v) is 5.48. The van der Waals surface area contributed by atoms with Gasteiger partial charge in [-0.25, -0.2) is 0 Å². The van der Waals surface area contributed by atoms with E-state index in [0.29, 0.717) is 12.3 Å². The topological polar surface area (TPSA) is 61.3 Å². The predicted octanol–water partition coefficient (Wildman–Crippen LogP) is 5.93. The highest BCUT2D eigenvalue weighted by atomic mass is 16.5. The first-order valence-electron chi connectivity index (χ1n) is 11.5. The number of hydrogen-bond donors (Lipinski definition) is 2. The van der Waals surface area contributed by atoms with Crippen LogP contribution in [0.1, 0.15) is 75.7 Å². The Bertz CT molecular complexity index is 760. The molecule has 0 bridgehead atoms. The van der Waals surface area contributed by atoms with E-state index in [0.717, 1.165) is 41.2 Å². The first kappa shape index (κ1) is 20.1. The van der Waals surface area contributed by atoms with Crippen molar-refractivity contribution in [2.45, 2.75) is 70.1 Å². The van der Waals surface area contributed by atoms with Gasteiger partial charge in [0.05, 0.1) is 0 Å². The van der Waals surface area contributed by atoms with Crippen LogP contribution in [0.3, 0.4) is 0 Å². The first-order valence-corrected chi connectivity index (χ1v) is 11.5. The zero-order valence-electron chi connectivity index (χ0n) is 17.6. The maximum atomic E-state index is 6.00. The van der Waals surface area contributed by atoms with Gasteiger partial charge in [0.1, 0.15) is 12.4 Å². The third kappa shape index (κ3) is 5.46. The van der Waals surface area contributed by atoms with Gasteiger partial charge in [-0.05, 0) is 85.3 Å². The molecule has 29 heavy (non-hydrogen) atoms. The highest BCUT2D eigenvalue weighted by Gasteiger charge is 2.29. The van der Waals surface area contributed by atoms with Crippen molar-refractivity contribution in [1.82, 2.24) is 0 Å². The van der Waals surface area contributed by atoms with E-state index in [1.807, 2.05) is 12.2 Å². The molecule has 1 aromatic rings. The van der Waals surface area contributed by atoms with Crippen molar-refractivity contribution >= 4 is 0 Å². The van der Waals surface area contributed by atoms with Crippen molar-refractivity contribution in [2.24, 2.45) is 23.3 Å². The van der Waals surface area contributed by atoms with E-state index in [1.165, 1.54) is 63.4 Å². The van der Waals surface area contributed by atoms with Gasteiger partial charge in [-0.3, -0.25) is 0 Å². The Hall–Kier alpha value is -2.16. The van der Waals surface area contributed by atoms with E-state index in [1.54, 1.807) is 6.08 Å². The molecule has 0 saturated heterocycles. The molecule has 0 aromatic heterocycles. The standard InChI is InChI=1S/C26H36N2O/c27-24-13-6-19(16-25(28)17-24)18-29-26-14-11-23(12-15-26)22-9-7-21(8-10-22)20-4-2-1-3-5-20/h11-17,20-22H,1-10,18,27-28H2. The van der Waals surface area contributed by atoms with Gasteiger partial charge >= 0.3 is 0 Å². The molecule has 1 aromatic carbocycles. The maximum absolute atomic E-state index is 6.00. The van der Waals surface area contributed by atoms with Gasteiger partial charge in [0.15, 0.2) is 0 Å². The molecule has 3 aliphatic carbocycles. The molecule has 0 atom stereocenters. The van der Waals surface area contributed by atoms with Gasteiger partial charge in [-0.2, -0.15) is 0 Å². The minimum Gasteiger partial charge on any atom is -0.489 e. The van der Waals surface area contributed by atoms with Crippen molar-refractivity contribution in [3.63, 3.8) is 0 Å². The number of rotatable bonds is 5. The molecular weight excluding hydrogens is 356 g/mol. The summed E-state index contributed by atoms with van der Waals surface area (Å²) in [4.78, 5) is 0. The van der Waals surface area contributed by atoms with Crippen LogP contribution in [0.15, 0.2) is 59.5 Å². The zero-order chi connectivity index (χ0) is 20.1. The van der Waals surface area contributed by atoms with E-state index in [9.17, 15) is 0 Å². The van der Waals surface area contributed by atoms with E-state index in [2.05, 4.69) is 24.3 Å². The van der Waals surface area contributed by atoms with E-state index >= 15 is 0 Å². The van der Waals surface area contributed by atoms with Gasteiger partial charge in [-0.15, -0.1) is 0 Å². The van der Waals surface area contributed by atoms with Gasteiger partial charge in [-0.1, -0.05) is 50.3 Å². The minimum absolute atomic E-state index is 0.546. The number of benzene rings is 1. The fraction of sp³-hybridized carbons (Fsp3) is 0.538. The quantitative estimate of drug-likeness (QED) is 0.652. The van der Waals surface area contributed by atoms with Crippen LogP contribution >= 0.6 is 0 Å². The molecule has 3 nitrogen and oxygen atoms in total. The summed E-state index contributed by atoms with van der Waals surface area (Å²) in [5, 5.41) is 0. The molecule has 0 unspecified atom stereocenters. The lowest BCUT2D eigenvalue weighted by molar-refractivity contribution is 0.186. The fourth-order valence-electron chi connectivity index (χ4n) is 5.48. The first-order chi connectivity index (χ1) is 14.2. The van der Waals surface area contributed by atoms with Crippen molar-refractivity contribution in [3.8, 4) is 5.75 Å². The van der Waals surface area contributed by atoms with Crippen LogP contribution in [0.5, 0.6) is 5.75 Å². The van der Waals surface area contributed by atoms with Crippen LogP contribution in [0.25, 0.3) is 0 Å². The summed E-state index contributed by atoms with van der Waals surface area (Å²) < 4.78 is 6.00. The third-order valence-electron chi connectivity index (χ3n) is 7.17. The van der Waals surface area contributed by atoms with Crippen molar-refractivity contribution in [2.75, 3.05) is 6.61 Å².